The Bertz CT molecular complexity index is 478. The van der Waals surface area contributed by atoms with E-state index in [2.05, 4.69) is 10.6 Å². The van der Waals surface area contributed by atoms with Crippen molar-refractivity contribution in [1.29, 1.82) is 0 Å². The highest BCUT2D eigenvalue weighted by atomic mass is 35.5. The summed E-state index contributed by atoms with van der Waals surface area (Å²) in [5.41, 5.74) is 6.65. The molecule has 1 aromatic rings. The summed E-state index contributed by atoms with van der Waals surface area (Å²) in [6.45, 7) is 3.17. The lowest BCUT2D eigenvalue weighted by molar-refractivity contribution is -0.116. The SMILES string of the molecule is COc1ccc(NC(C)=O)cc1NC(=O)CC(C)N.Cl. The number of carbonyl (C=O) groups excluding carboxylic acids is 2. The largest absolute Gasteiger partial charge is 0.495 e. The van der Waals surface area contributed by atoms with Gasteiger partial charge in [-0.2, -0.15) is 0 Å². The summed E-state index contributed by atoms with van der Waals surface area (Å²) in [5, 5.41) is 5.35. The first kappa shape index (κ1) is 18.2. The van der Waals surface area contributed by atoms with Gasteiger partial charge in [-0.1, -0.05) is 0 Å². The van der Waals surface area contributed by atoms with Crippen LogP contribution in [0.4, 0.5) is 11.4 Å². The van der Waals surface area contributed by atoms with Crippen molar-refractivity contribution < 1.29 is 14.3 Å². The number of hydrogen-bond donors (Lipinski definition) is 3. The minimum absolute atomic E-state index is 0. The van der Waals surface area contributed by atoms with Gasteiger partial charge >= 0.3 is 0 Å². The number of anilines is 2. The molecule has 0 saturated heterocycles. The molecule has 0 aliphatic rings. The standard InChI is InChI=1S/C13H19N3O3.ClH/c1-8(14)6-13(18)16-11-7-10(15-9(2)17)4-5-12(11)19-3;/h4-5,7-8H,6,14H2,1-3H3,(H,15,17)(H,16,18);1H. The summed E-state index contributed by atoms with van der Waals surface area (Å²) >= 11 is 0. The smallest absolute Gasteiger partial charge is 0.226 e. The van der Waals surface area contributed by atoms with E-state index in [9.17, 15) is 9.59 Å². The van der Waals surface area contributed by atoms with E-state index in [-0.39, 0.29) is 36.7 Å². The summed E-state index contributed by atoms with van der Waals surface area (Å²) < 4.78 is 5.15. The second kappa shape index (κ2) is 8.39. The van der Waals surface area contributed by atoms with E-state index in [4.69, 9.17) is 10.5 Å². The molecule has 2 amide bonds. The number of hydrogen-bond acceptors (Lipinski definition) is 4. The lowest BCUT2D eigenvalue weighted by atomic mass is 10.2. The lowest BCUT2D eigenvalue weighted by Crippen LogP contribution is -2.24. The van der Waals surface area contributed by atoms with Crippen molar-refractivity contribution >= 4 is 35.6 Å². The van der Waals surface area contributed by atoms with E-state index >= 15 is 0 Å². The highest BCUT2D eigenvalue weighted by Gasteiger charge is 2.10. The van der Waals surface area contributed by atoms with Crippen molar-refractivity contribution in [3.63, 3.8) is 0 Å². The van der Waals surface area contributed by atoms with Gasteiger partial charge in [-0.25, -0.2) is 0 Å². The first-order valence-corrected chi connectivity index (χ1v) is 5.93. The third-order valence-corrected chi connectivity index (χ3v) is 2.30. The molecular formula is C13H20ClN3O3. The van der Waals surface area contributed by atoms with E-state index in [0.717, 1.165) is 0 Å². The number of amides is 2. The van der Waals surface area contributed by atoms with Crippen LogP contribution >= 0.6 is 12.4 Å². The molecule has 0 bridgehead atoms. The Morgan fingerprint density at radius 2 is 2.00 bits per heavy atom. The number of nitrogens with two attached hydrogens (primary N) is 1. The quantitative estimate of drug-likeness (QED) is 0.772. The van der Waals surface area contributed by atoms with Crippen molar-refractivity contribution in [2.75, 3.05) is 17.7 Å². The molecule has 112 valence electrons. The topological polar surface area (TPSA) is 93.5 Å². The molecule has 1 rings (SSSR count). The second-order valence-corrected chi connectivity index (χ2v) is 4.33. The Labute approximate surface area is 124 Å². The first-order valence-electron chi connectivity index (χ1n) is 5.93. The van der Waals surface area contributed by atoms with E-state index in [0.29, 0.717) is 17.1 Å². The van der Waals surface area contributed by atoms with Crippen molar-refractivity contribution in [2.24, 2.45) is 5.73 Å². The number of halogens is 1. The molecule has 1 aromatic carbocycles. The van der Waals surface area contributed by atoms with Crippen LogP contribution in [0.1, 0.15) is 20.3 Å². The third kappa shape index (κ3) is 5.90. The zero-order valence-corrected chi connectivity index (χ0v) is 12.5. The van der Waals surface area contributed by atoms with Crippen LogP contribution in [0.15, 0.2) is 18.2 Å². The van der Waals surface area contributed by atoms with E-state index in [1.807, 2.05) is 0 Å². The average molecular weight is 302 g/mol. The molecule has 1 atom stereocenters. The zero-order chi connectivity index (χ0) is 14.4. The number of rotatable bonds is 5. The van der Waals surface area contributed by atoms with Crippen LogP contribution in [-0.2, 0) is 9.59 Å². The van der Waals surface area contributed by atoms with Crippen LogP contribution in [-0.4, -0.2) is 25.0 Å². The van der Waals surface area contributed by atoms with Gasteiger partial charge in [0.1, 0.15) is 5.75 Å². The molecule has 20 heavy (non-hydrogen) atoms. The number of benzene rings is 1. The predicted octanol–water partition coefficient (Wildman–Crippen LogP) is 1.75. The van der Waals surface area contributed by atoms with Gasteiger partial charge in [-0.15, -0.1) is 12.4 Å². The lowest BCUT2D eigenvalue weighted by Gasteiger charge is -2.13. The molecule has 0 radical (unpaired) electrons. The predicted molar refractivity (Wildman–Crippen MR) is 81.4 cm³/mol. The van der Waals surface area contributed by atoms with Gasteiger partial charge in [0, 0.05) is 25.1 Å². The summed E-state index contributed by atoms with van der Waals surface area (Å²) in [4.78, 5) is 22.7. The number of carbonyl (C=O) groups is 2. The molecule has 0 fully saturated rings. The fourth-order valence-corrected chi connectivity index (χ4v) is 1.58. The molecular weight excluding hydrogens is 282 g/mol. The monoisotopic (exact) mass is 301 g/mol. The van der Waals surface area contributed by atoms with Crippen LogP contribution < -0.4 is 21.1 Å². The summed E-state index contributed by atoms with van der Waals surface area (Å²) in [6, 6.07) is 4.79. The Hall–Kier alpha value is -1.79. The maximum atomic E-state index is 11.7. The second-order valence-electron chi connectivity index (χ2n) is 4.33. The van der Waals surface area contributed by atoms with Gasteiger partial charge in [0.25, 0.3) is 0 Å². The third-order valence-electron chi connectivity index (χ3n) is 2.30. The fourth-order valence-electron chi connectivity index (χ4n) is 1.58. The Morgan fingerprint density at radius 1 is 1.35 bits per heavy atom. The van der Waals surface area contributed by atoms with Crippen molar-refractivity contribution in [3.8, 4) is 5.75 Å². The molecule has 0 saturated carbocycles. The zero-order valence-electron chi connectivity index (χ0n) is 11.7. The van der Waals surface area contributed by atoms with Crippen molar-refractivity contribution in [1.82, 2.24) is 0 Å². The van der Waals surface area contributed by atoms with Gasteiger partial charge < -0.3 is 21.1 Å². The maximum Gasteiger partial charge on any atom is 0.226 e. The molecule has 0 heterocycles. The molecule has 4 N–H and O–H groups in total. The van der Waals surface area contributed by atoms with E-state index < -0.39 is 0 Å². The van der Waals surface area contributed by atoms with Gasteiger partial charge in [-0.3, -0.25) is 9.59 Å². The molecule has 6 nitrogen and oxygen atoms in total. The number of ether oxygens (including phenoxy) is 1. The Kier molecular flexibility index (Phi) is 7.64. The number of nitrogens with one attached hydrogen (secondary N) is 2. The van der Waals surface area contributed by atoms with Crippen LogP contribution in [0.3, 0.4) is 0 Å². The summed E-state index contributed by atoms with van der Waals surface area (Å²) in [6.07, 6.45) is 0.216. The van der Waals surface area contributed by atoms with Crippen LogP contribution in [0.2, 0.25) is 0 Å². The van der Waals surface area contributed by atoms with Gasteiger partial charge in [0.15, 0.2) is 0 Å². The Morgan fingerprint density at radius 3 is 2.50 bits per heavy atom. The van der Waals surface area contributed by atoms with Gasteiger partial charge in [0.2, 0.25) is 11.8 Å². The van der Waals surface area contributed by atoms with E-state index in [1.165, 1.54) is 14.0 Å². The number of methoxy groups -OCH3 is 1. The average Bonchev–Trinajstić information content (AvgIpc) is 2.27. The normalized spacial score (nSPS) is 11.0. The maximum absolute atomic E-state index is 11.7. The molecule has 0 aliphatic heterocycles. The minimum Gasteiger partial charge on any atom is -0.495 e. The fraction of sp³-hybridized carbons (Fsp3) is 0.385. The molecule has 0 aliphatic carbocycles. The highest BCUT2D eigenvalue weighted by Crippen LogP contribution is 2.28. The minimum atomic E-state index is -0.218. The molecule has 7 heteroatoms. The van der Waals surface area contributed by atoms with Crippen molar-refractivity contribution in [2.45, 2.75) is 26.3 Å². The summed E-state index contributed by atoms with van der Waals surface area (Å²) in [7, 11) is 1.51. The molecule has 1 unspecified atom stereocenters. The molecule has 0 spiro atoms. The highest BCUT2D eigenvalue weighted by molar-refractivity contribution is 5.95. The Balaban J connectivity index is 0.00000361. The van der Waals surface area contributed by atoms with Gasteiger partial charge in [0.05, 0.1) is 12.8 Å². The van der Waals surface area contributed by atoms with Gasteiger partial charge in [-0.05, 0) is 25.1 Å². The van der Waals surface area contributed by atoms with Crippen LogP contribution in [0.5, 0.6) is 5.75 Å². The molecule has 0 aromatic heterocycles. The van der Waals surface area contributed by atoms with Crippen LogP contribution in [0.25, 0.3) is 0 Å². The van der Waals surface area contributed by atoms with Crippen molar-refractivity contribution in [3.05, 3.63) is 18.2 Å². The summed E-state index contributed by atoms with van der Waals surface area (Å²) in [5.74, 6) is 0.137. The van der Waals surface area contributed by atoms with Crippen LogP contribution in [0, 0.1) is 0 Å². The first-order chi connectivity index (χ1) is 8.92. The van der Waals surface area contributed by atoms with E-state index in [1.54, 1.807) is 25.1 Å².